The second kappa shape index (κ2) is 6.80. The summed E-state index contributed by atoms with van der Waals surface area (Å²) in [6, 6.07) is 8.05. The number of nitriles is 1. The van der Waals surface area contributed by atoms with Gasteiger partial charge in [-0.1, -0.05) is 6.07 Å². The Labute approximate surface area is 186 Å². The number of nitrogens with zero attached hydrogens (tertiary/aromatic N) is 2. The van der Waals surface area contributed by atoms with E-state index in [0.29, 0.717) is 54.7 Å². The van der Waals surface area contributed by atoms with E-state index in [0.717, 1.165) is 23.2 Å². The van der Waals surface area contributed by atoms with Gasteiger partial charge >= 0.3 is 0 Å². The molecule has 2 amide bonds. The predicted molar refractivity (Wildman–Crippen MR) is 118 cm³/mol. The molecule has 7 nitrogen and oxygen atoms in total. The van der Waals surface area contributed by atoms with E-state index in [4.69, 9.17) is 0 Å². The standard InChI is InChI=1S/C25H26N4O3/c1-14-6-7-17(9-15(14)2)27-22(31)20-16(3)19(18-5-4-8-29(18)20)21(30)23(32)28-25-10-24(11-25,12-25)13-26/h6-7,9H,4-5,8,10-12H2,1-3H3,(H,27,31)(H,28,32). The fourth-order valence-corrected chi connectivity index (χ4v) is 5.77. The molecule has 164 valence electrons. The number of fused-ring (bicyclic) bond motifs is 1. The molecule has 7 heteroatoms. The van der Waals surface area contributed by atoms with Crippen molar-refractivity contribution in [2.45, 2.75) is 65.0 Å². The Bertz CT molecular complexity index is 1230. The maximum atomic E-state index is 13.2. The Morgan fingerprint density at radius 3 is 2.47 bits per heavy atom. The third-order valence-electron chi connectivity index (χ3n) is 7.47. The number of amides is 2. The van der Waals surface area contributed by atoms with Crippen LogP contribution in [0.25, 0.3) is 0 Å². The summed E-state index contributed by atoms with van der Waals surface area (Å²) in [6.45, 7) is 6.40. The van der Waals surface area contributed by atoms with Gasteiger partial charge in [-0.2, -0.15) is 5.26 Å². The average Bonchev–Trinajstić information content (AvgIpc) is 3.25. The van der Waals surface area contributed by atoms with Crippen molar-refractivity contribution in [1.29, 1.82) is 5.26 Å². The van der Waals surface area contributed by atoms with Gasteiger partial charge in [0.05, 0.1) is 17.0 Å². The SMILES string of the molecule is Cc1ccc(NC(=O)c2c(C)c(C(=O)C(=O)NC34CC(C#N)(C3)C4)c3n2CCC3)cc1C. The number of hydrogen-bond donors (Lipinski definition) is 2. The minimum Gasteiger partial charge on any atom is -0.344 e. The molecule has 0 spiro atoms. The van der Waals surface area contributed by atoms with Gasteiger partial charge in [-0.3, -0.25) is 14.4 Å². The summed E-state index contributed by atoms with van der Waals surface area (Å²) in [5.41, 5.74) is 4.34. The number of Topliss-reactive ketones (excluding diaryl/α,β-unsaturated/α-hetero) is 1. The molecule has 4 aliphatic rings. The maximum Gasteiger partial charge on any atom is 0.292 e. The van der Waals surface area contributed by atoms with Gasteiger partial charge in [-0.25, -0.2) is 0 Å². The molecule has 3 fully saturated rings. The zero-order chi connectivity index (χ0) is 22.8. The highest BCUT2D eigenvalue weighted by molar-refractivity contribution is 6.44. The first kappa shape index (κ1) is 20.5. The highest BCUT2D eigenvalue weighted by Gasteiger charge is 2.69. The first-order valence-corrected chi connectivity index (χ1v) is 11.1. The second-order valence-electron chi connectivity index (χ2n) is 9.79. The topological polar surface area (TPSA) is 104 Å². The minimum absolute atomic E-state index is 0.274. The van der Waals surface area contributed by atoms with Gasteiger partial charge in [-0.05, 0) is 81.7 Å². The smallest absolute Gasteiger partial charge is 0.292 e. The van der Waals surface area contributed by atoms with Crippen LogP contribution in [0.4, 0.5) is 5.69 Å². The van der Waals surface area contributed by atoms with E-state index < -0.39 is 17.2 Å². The van der Waals surface area contributed by atoms with Crippen molar-refractivity contribution in [3.63, 3.8) is 0 Å². The van der Waals surface area contributed by atoms with Crippen LogP contribution in [-0.2, 0) is 17.8 Å². The molecular weight excluding hydrogens is 404 g/mol. The molecule has 32 heavy (non-hydrogen) atoms. The van der Waals surface area contributed by atoms with Gasteiger partial charge in [0.2, 0.25) is 0 Å². The number of aromatic nitrogens is 1. The van der Waals surface area contributed by atoms with Crippen LogP contribution in [0.15, 0.2) is 18.2 Å². The van der Waals surface area contributed by atoms with E-state index in [2.05, 4.69) is 16.7 Å². The minimum atomic E-state index is -0.638. The molecule has 6 rings (SSSR count). The van der Waals surface area contributed by atoms with Crippen LogP contribution in [0.2, 0.25) is 0 Å². The predicted octanol–water partition coefficient (Wildman–Crippen LogP) is 3.36. The zero-order valence-electron chi connectivity index (χ0n) is 18.6. The molecule has 0 atom stereocenters. The lowest BCUT2D eigenvalue weighted by Crippen LogP contribution is -2.74. The summed E-state index contributed by atoms with van der Waals surface area (Å²) in [4.78, 5) is 39.2. The lowest BCUT2D eigenvalue weighted by molar-refractivity contribution is -0.140. The largest absolute Gasteiger partial charge is 0.344 e. The lowest BCUT2D eigenvalue weighted by atomic mass is 9.40. The molecular formula is C25H26N4O3. The van der Waals surface area contributed by atoms with E-state index in [1.54, 1.807) is 6.92 Å². The molecule has 0 unspecified atom stereocenters. The third-order valence-corrected chi connectivity index (χ3v) is 7.47. The number of ketones is 1. The van der Waals surface area contributed by atoms with Crippen molar-refractivity contribution in [1.82, 2.24) is 9.88 Å². The number of hydrogen-bond acceptors (Lipinski definition) is 4. The highest BCUT2D eigenvalue weighted by Crippen LogP contribution is 2.66. The molecule has 0 radical (unpaired) electrons. The van der Waals surface area contributed by atoms with Crippen molar-refractivity contribution >= 4 is 23.3 Å². The average molecular weight is 431 g/mol. The molecule has 2 N–H and O–H groups in total. The quantitative estimate of drug-likeness (QED) is 0.561. The van der Waals surface area contributed by atoms with E-state index in [-0.39, 0.29) is 11.3 Å². The van der Waals surface area contributed by atoms with Gasteiger partial charge in [0.1, 0.15) is 5.69 Å². The molecule has 1 aromatic heterocycles. The summed E-state index contributed by atoms with van der Waals surface area (Å²) in [5.74, 6) is -1.50. The molecule has 2 aromatic rings. The Hall–Kier alpha value is -3.40. The van der Waals surface area contributed by atoms with Crippen LogP contribution >= 0.6 is 0 Å². The van der Waals surface area contributed by atoms with Crippen molar-refractivity contribution in [3.05, 3.63) is 51.8 Å². The van der Waals surface area contributed by atoms with Crippen molar-refractivity contribution in [3.8, 4) is 6.07 Å². The highest BCUT2D eigenvalue weighted by atomic mass is 16.2. The first-order chi connectivity index (χ1) is 15.2. The number of carbonyl (C=O) groups is 3. The summed E-state index contributed by atoms with van der Waals surface area (Å²) >= 11 is 0. The second-order valence-corrected chi connectivity index (χ2v) is 9.79. The molecule has 2 bridgehead atoms. The Morgan fingerprint density at radius 2 is 1.81 bits per heavy atom. The molecule has 2 heterocycles. The van der Waals surface area contributed by atoms with Crippen LogP contribution < -0.4 is 10.6 Å². The van der Waals surface area contributed by atoms with Gasteiger partial charge in [0, 0.05) is 23.5 Å². The summed E-state index contributed by atoms with van der Waals surface area (Å²) in [7, 11) is 0. The summed E-state index contributed by atoms with van der Waals surface area (Å²) < 4.78 is 1.89. The Balaban J connectivity index is 1.40. The van der Waals surface area contributed by atoms with Crippen LogP contribution in [0.3, 0.4) is 0 Å². The Morgan fingerprint density at radius 1 is 1.09 bits per heavy atom. The van der Waals surface area contributed by atoms with Crippen LogP contribution in [0.1, 0.15) is 68.9 Å². The lowest BCUT2D eigenvalue weighted by Gasteiger charge is -2.66. The number of benzene rings is 1. The summed E-state index contributed by atoms with van der Waals surface area (Å²) in [6.07, 6.45) is 3.34. The molecule has 1 aromatic carbocycles. The molecule has 3 saturated carbocycles. The van der Waals surface area contributed by atoms with E-state index in [9.17, 15) is 19.6 Å². The third kappa shape index (κ3) is 2.89. The van der Waals surface area contributed by atoms with Gasteiger partial charge in [-0.15, -0.1) is 0 Å². The fraction of sp³-hybridized carbons (Fsp3) is 0.440. The molecule has 0 saturated heterocycles. The van der Waals surface area contributed by atoms with Crippen LogP contribution in [0.5, 0.6) is 0 Å². The van der Waals surface area contributed by atoms with E-state index >= 15 is 0 Å². The number of anilines is 1. The zero-order valence-corrected chi connectivity index (χ0v) is 18.6. The number of aryl methyl sites for hydroxylation is 2. The van der Waals surface area contributed by atoms with E-state index in [1.165, 1.54) is 0 Å². The molecule has 1 aliphatic heterocycles. The first-order valence-electron chi connectivity index (χ1n) is 11.1. The van der Waals surface area contributed by atoms with Crippen molar-refractivity contribution < 1.29 is 14.4 Å². The van der Waals surface area contributed by atoms with E-state index in [1.807, 2.05) is 36.6 Å². The number of rotatable bonds is 5. The summed E-state index contributed by atoms with van der Waals surface area (Å²) in [5, 5.41) is 15.0. The van der Waals surface area contributed by atoms with Gasteiger partial charge < -0.3 is 15.2 Å². The van der Waals surface area contributed by atoms with Crippen molar-refractivity contribution in [2.75, 3.05) is 5.32 Å². The maximum absolute atomic E-state index is 13.2. The Kier molecular flexibility index (Phi) is 4.35. The van der Waals surface area contributed by atoms with Crippen LogP contribution in [0, 0.1) is 37.5 Å². The van der Waals surface area contributed by atoms with Crippen LogP contribution in [-0.4, -0.2) is 27.7 Å². The number of carbonyl (C=O) groups excluding carboxylic acids is 3. The monoisotopic (exact) mass is 430 g/mol. The fourth-order valence-electron chi connectivity index (χ4n) is 5.77. The molecule has 3 aliphatic carbocycles. The van der Waals surface area contributed by atoms with Gasteiger partial charge in [0.15, 0.2) is 0 Å². The van der Waals surface area contributed by atoms with Gasteiger partial charge in [0.25, 0.3) is 17.6 Å². The normalized spacial score (nSPS) is 24.6. The number of nitrogens with one attached hydrogen (secondary N) is 2. The van der Waals surface area contributed by atoms with Crippen molar-refractivity contribution in [2.24, 2.45) is 5.41 Å².